The lowest BCUT2D eigenvalue weighted by atomic mass is 10.1. The summed E-state index contributed by atoms with van der Waals surface area (Å²) in [6.45, 7) is 8.36. The number of guanidine groups is 1. The lowest BCUT2D eigenvalue weighted by molar-refractivity contribution is 0.282. The maximum absolute atomic E-state index is 4.29. The second-order valence-corrected chi connectivity index (χ2v) is 5.64. The Balaban J connectivity index is 1.72. The van der Waals surface area contributed by atoms with E-state index in [0.717, 1.165) is 38.2 Å². The zero-order valence-electron chi connectivity index (χ0n) is 13.5. The number of nitrogens with zero attached hydrogens (tertiary/aromatic N) is 2. The molecule has 1 fully saturated rings. The highest BCUT2D eigenvalue weighted by Crippen LogP contribution is 2.25. The smallest absolute Gasteiger partial charge is 0.191 e. The molecule has 2 N–H and O–H groups in total. The molecule has 2 rings (SSSR count). The molecular weight excluding hydrogens is 260 g/mol. The molecule has 0 unspecified atom stereocenters. The normalized spacial score (nSPS) is 15.3. The van der Waals surface area contributed by atoms with E-state index in [-0.39, 0.29) is 0 Å². The first kappa shape index (κ1) is 15.8. The molecule has 0 radical (unpaired) electrons. The van der Waals surface area contributed by atoms with Gasteiger partial charge in [0.05, 0.1) is 0 Å². The number of hydrogen-bond acceptors (Lipinski definition) is 2. The molecule has 116 valence electrons. The van der Waals surface area contributed by atoms with E-state index in [2.05, 4.69) is 58.6 Å². The third-order valence-electron chi connectivity index (χ3n) is 4.09. The Hall–Kier alpha value is -1.55. The molecule has 0 spiro atoms. The van der Waals surface area contributed by atoms with Gasteiger partial charge in [-0.15, -0.1) is 0 Å². The summed E-state index contributed by atoms with van der Waals surface area (Å²) in [6, 6.07) is 9.28. The van der Waals surface area contributed by atoms with E-state index in [1.165, 1.54) is 24.0 Å². The van der Waals surface area contributed by atoms with E-state index in [1.54, 1.807) is 0 Å². The van der Waals surface area contributed by atoms with Gasteiger partial charge in [-0.25, -0.2) is 0 Å². The standard InChI is InChI=1S/C17H28N4/c1-4-21(16-9-10-16)12-11-19-17(18-3)20-13-15-8-6-5-7-14(15)2/h5-8,16H,4,9-13H2,1-3H3,(H2,18,19,20). The lowest BCUT2D eigenvalue weighted by Crippen LogP contribution is -2.41. The van der Waals surface area contributed by atoms with Crippen LogP contribution in [-0.2, 0) is 6.54 Å². The number of aliphatic imine (C=N–C) groups is 1. The van der Waals surface area contributed by atoms with Gasteiger partial charge in [-0.3, -0.25) is 9.89 Å². The minimum Gasteiger partial charge on any atom is -0.355 e. The fraction of sp³-hybridized carbons (Fsp3) is 0.588. The summed E-state index contributed by atoms with van der Waals surface area (Å²) < 4.78 is 0. The van der Waals surface area contributed by atoms with Crippen molar-refractivity contribution >= 4 is 5.96 Å². The van der Waals surface area contributed by atoms with E-state index in [4.69, 9.17) is 0 Å². The van der Waals surface area contributed by atoms with Crippen LogP contribution < -0.4 is 10.6 Å². The molecule has 0 aromatic heterocycles. The van der Waals surface area contributed by atoms with Gasteiger partial charge in [0, 0.05) is 32.7 Å². The van der Waals surface area contributed by atoms with Crippen LogP contribution in [0.1, 0.15) is 30.9 Å². The van der Waals surface area contributed by atoms with Gasteiger partial charge in [-0.1, -0.05) is 31.2 Å². The van der Waals surface area contributed by atoms with Gasteiger partial charge < -0.3 is 10.6 Å². The Morgan fingerprint density at radius 2 is 2.05 bits per heavy atom. The Morgan fingerprint density at radius 1 is 1.29 bits per heavy atom. The van der Waals surface area contributed by atoms with Crippen molar-refractivity contribution in [2.24, 2.45) is 4.99 Å². The predicted octanol–water partition coefficient (Wildman–Crippen LogP) is 2.14. The van der Waals surface area contributed by atoms with E-state index in [0.29, 0.717) is 0 Å². The summed E-state index contributed by atoms with van der Waals surface area (Å²) in [7, 11) is 1.83. The van der Waals surface area contributed by atoms with Crippen molar-refractivity contribution in [1.29, 1.82) is 0 Å². The van der Waals surface area contributed by atoms with E-state index in [9.17, 15) is 0 Å². The summed E-state index contributed by atoms with van der Waals surface area (Å²) in [5.74, 6) is 0.880. The van der Waals surface area contributed by atoms with Crippen LogP contribution in [0.4, 0.5) is 0 Å². The molecular formula is C17H28N4. The zero-order valence-corrected chi connectivity index (χ0v) is 13.5. The number of nitrogens with one attached hydrogen (secondary N) is 2. The number of rotatable bonds is 7. The molecule has 4 nitrogen and oxygen atoms in total. The van der Waals surface area contributed by atoms with Crippen LogP contribution >= 0.6 is 0 Å². The van der Waals surface area contributed by atoms with Crippen molar-refractivity contribution in [1.82, 2.24) is 15.5 Å². The van der Waals surface area contributed by atoms with Gasteiger partial charge in [0.1, 0.15) is 0 Å². The maximum atomic E-state index is 4.29. The highest BCUT2D eigenvalue weighted by molar-refractivity contribution is 5.79. The van der Waals surface area contributed by atoms with Gasteiger partial charge >= 0.3 is 0 Å². The molecule has 0 bridgehead atoms. The van der Waals surface area contributed by atoms with Crippen LogP contribution in [0.3, 0.4) is 0 Å². The third kappa shape index (κ3) is 5.05. The molecule has 1 aromatic rings. The van der Waals surface area contributed by atoms with Crippen molar-refractivity contribution in [3.8, 4) is 0 Å². The molecule has 0 saturated heterocycles. The molecule has 0 heterocycles. The average molecular weight is 288 g/mol. The molecule has 1 saturated carbocycles. The molecule has 1 aliphatic rings. The van der Waals surface area contributed by atoms with Crippen molar-refractivity contribution in [2.45, 2.75) is 39.3 Å². The first-order valence-electron chi connectivity index (χ1n) is 7.97. The fourth-order valence-electron chi connectivity index (χ4n) is 2.56. The quantitative estimate of drug-likeness (QED) is 0.596. The Morgan fingerprint density at radius 3 is 2.67 bits per heavy atom. The second kappa shape index (κ2) is 8.03. The number of aryl methyl sites for hydroxylation is 1. The average Bonchev–Trinajstić information content (AvgIpc) is 3.33. The molecule has 0 atom stereocenters. The molecule has 21 heavy (non-hydrogen) atoms. The van der Waals surface area contributed by atoms with Crippen LogP contribution in [0.15, 0.2) is 29.3 Å². The van der Waals surface area contributed by atoms with Crippen molar-refractivity contribution in [2.75, 3.05) is 26.7 Å². The summed E-state index contributed by atoms with van der Waals surface area (Å²) in [4.78, 5) is 6.84. The largest absolute Gasteiger partial charge is 0.355 e. The number of likely N-dealkylation sites (N-methyl/N-ethyl adjacent to an activating group) is 1. The van der Waals surface area contributed by atoms with Gasteiger partial charge in [0.25, 0.3) is 0 Å². The SMILES string of the molecule is CCN(CCNC(=NC)NCc1ccccc1C)C1CC1. The van der Waals surface area contributed by atoms with Crippen molar-refractivity contribution in [3.63, 3.8) is 0 Å². The van der Waals surface area contributed by atoms with Crippen LogP contribution in [0, 0.1) is 6.92 Å². The highest BCUT2D eigenvalue weighted by atomic mass is 15.2. The Kier molecular flexibility index (Phi) is 6.05. The van der Waals surface area contributed by atoms with Crippen LogP contribution in [0.5, 0.6) is 0 Å². The number of benzene rings is 1. The zero-order chi connectivity index (χ0) is 15.1. The third-order valence-corrected chi connectivity index (χ3v) is 4.09. The van der Waals surface area contributed by atoms with E-state index >= 15 is 0 Å². The highest BCUT2D eigenvalue weighted by Gasteiger charge is 2.27. The van der Waals surface area contributed by atoms with E-state index < -0.39 is 0 Å². The topological polar surface area (TPSA) is 39.7 Å². The van der Waals surface area contributed by atoms with Crippen LogP contribution in [0.25, 0.3) is 0 Å². The first-order chi connectivity index (χ1) is 10.2. The first-order valence-corrected chi connectivity index (χ1v) is 7.97. The summed E-state index contributed by atoms with van der Waals surface area (Å²) in [5, 5.41) is 6.79. The Labute approximate surface area is 128 Å². The van der Waals surface area contributed by atoms with Gasteiger partial charge in [-0.2, -0.15) is 0 Å². The number of hydrogen-bond donors (Lipinski definition) is 2. The Bertz CT molecular complexity index is 466. The van der Waals surface area contributed by atoms with Gasteiger partial charge in [-0.05, 0) is 37.4 Å². The summed E-state index contributed by atoms with van der Waals surface area (Å²) in [5.41, 5.74) is 2.62. The van der Waals surface area contributed by atoms with Gasteiger partial charge in [0.15, 0.2) is 5.96 Å². The van der Waals surface area contributed by atoms with E-state index in [1.807, 2.05) is 7.05 Å². The minimum atomic E-state index is 0.812. The monoisotopic (exact) mass is 288 g/mol. The molecule has 1 aliphatic carbocycles. The predicted molar refractivity (Wildman–Crippen MR) is 89.6 cm³/mol. The minimum absolute atomic E-state index is 0.812. The molecule has 1 aromatic carbocycles. The second-order valence-electron chi connectivity index (χ2n) is 5.64. The summed E-state index contributed by atoms with van der Waals surface area (Å²) >= 11 is 0. The van der Waals surface area contributed by atoms with Crippen LogP contribution in [-0.4, -0.2) is 43.6 Å². The lowest BCUT2D eigenvalue weighted by Gasteiger charge is -2.20. The fourth-order valence-corrected chi connectivity index (χ4v) is 2.56. The molecule has 0 amide bonds. The van der Waals surface area contributed by atoms with Crippen molar-refractivity contribution < 1.29 is 0 Å². The molecule has 4 heteroatoms. The molecule has 0 aliphatic heterocycles. The van der Waals surface area contributed by atoms with Crippen molar-refractivity contribution in [3.05, 3.63) is 35.4 Å². The van der Waals surface area contributed by atoms with Gasteiger partial charge in [0.2, 0.25) is 0 Å². The summed E-state index contributed by atoms with van der Waals surface area (Å²) in [6.07, 6.45) is 2.74. The van der Waals surface area contributed by atoms with Crippen LogP contribution in [0.2, 0.25) is 0 Å². The maximum Gasteiger partial charge on any atom is 0.191 e.